The lowest BCUT2D eigenvalue weighted by molar-refractivity contribution is -0.132. The first-order chi connectivity index (χ1) is 19.6. The Bertz CT molecular complexity index is 1340. The fourth-order valence-corrected chi connectivity index (χ4v) is 5.13. The van der Waals surface area contributed by atoms with Crippen molar-refractivity contribution in [1.82, 2.24) is 14.8 Å². The molecule has 4 aromatic rings. The monoisotopic (exact) mass is 537 g/mol. The van der Waals surface area contributed by atoms with Crippen molar-refractivity contribution in [3.05, 3.63) is 107 Å². The molecule has 40 heavy (non-hydrogen) atoms. The second kappa shape index (κ2) is 15.1. The maximum Gasteiger partial charge on any atom is 0.254 e. The Balaban J connectivity index is 1.48. The number of aromatic nitrogens is 1. The normalized spacial score (nSPS) is 11.1. The van der Waals surface area contributed by atoms with Crippen molar-refractivity contribution in [2.24, 2.45) is 0 Å². The highest BCUT2D eigenvalue weighted by molar-refractivity contribution is 5.96. The van der Waals surface area contributed by atoms with Crippen molar-refractivity contribution in [2.45, 2.75) is 65.3 Å². The largest absolute Gasteiger partial charge is 0.361 e. The van der Waals surface area contributed by atoms with Gasteiger partial charge in [-0.25, -0.2) is 0 Å². The fourth-order valence-electron chi connectivity index (χ4n) is 5.13. The molecule has 0 aliphatic carbocycles. The van der Waals surface area contributed by atoms with Gasteiger partial charge in [-0.3, -0.25) is 9.59 Å². The summed E-state index contributed by atoms with van der Waals surface area (Å²) in [4.78, 5) is 34.4. The van der Waals surface area contributed by atoms with Gasteiger partial charge < -0.3 is 14.8 Å². The van der Waals surface area contributed by atoms with Crippen LogP contribution in [0.3, 0.4) is 0 Å². The fraction of sp³-hybridized carbons (Fsp3) is 0.371. The van der Waals surface area contributed by atoms with Crippen LogP contribution < -0.4 is 0 Å². The third-order valence-corrected chi connectivity index (χ3v) is 7.56. The van der Waals surface area contributed by atoms with Crippen molar-refractivity contribution in [1.29, 1.82) is 0 Å². The Morgan fingerprint density at radius 3 is 2.17 bits per heavy atom. The van der Waals surface area contributed by atoms with Crippen LogP contribution in [0.1, 0.15) is 73.0 Å². The SMILES string of the molecule is CCCCCc1ccc(C(=O)N(CCCC)CC(=O)N(CCc2c[nH]c3ccccc23)Cc2ccccc2)cc1. The number of carbonyl (C=O) groups excluding carboxylic acids is 2. The van der Waals surface area contributed by atoms with E-state index in [0.717, 1.165) is 43.2 Å². The first kappa shape index (κ1) is 29.1. The summed E-state index contributed by atoms with van der Waals surface area (Å²) in [7, 11) is 0. The molecular weight excluding hydrogens is 494 g/mol. The summed E-state index contributed by atoms with van der Waals surface area (Å²) in [6.45, 7) is 6.07. The van der Waals surface area contributed by atoms with Crippen LogP contribution in [0.15, 0.2) is 85.1 Å². The summed E-state index contributed by atoms with van der Waals surface area (Å²) in [5, 5.41) is 1.19. The van der Waals surface area contributed by atoms with Crippen LogP contribution in [0.5, 0.6) is 0 Å². The van der Waals surface area contributed by atoms with Crippen LogP contribution in [-0.4, -0.2) is 46.2 Å². The van der Waals surface area contributed by atoms with Gasteiger partial charge in [-0.2, -0.15) is 0 Å². The van der Waals surface area contributed by atoms with Crippen molar-refractivity contribution >= 4 is 22.7 Å². The molecule has 0 saturated heterocycles. The third-order valence-electron chi connectivity index (χ3n) is 7.56. The average Bonchev–Trinajstić information content (AvgIpc) is 3.41. The van der Waals surface area contributed by atoms with E-state index < -0.39 is 0 Å². The number of para-hydroxylation sites is 1. The van der Waals surface area contributed by atoms with Crippen molar-refractivity contribution < 1.29 is 9.59 Å². The van der Waals surface area contributed by atoms with Crippen LogP contribution in [0, 0.1) is 0 Å². The maximum absolute atomic E-state index is 13.8. The minimum absolute atomic E-state index is 0.0238. The highest BCUT2D eigenvalue weighted by Crippen LogP contribution is 2.19. The van der Waals surface area contributed by atoms with Crippen molar-refractivity contribution in [3.8, 4) is 0 Å². The van der Waals surface area contributed by atoms with Gasteiger partial charge >= 0.3 is 0 Å². The lowest BCUT2D eigenvalue weighted by atomic mass is 10.0. The van der Waals surface area contributed by atoms with Gasteiger partial charge in [0, 0.05) is 42.3 Å². The summed E-state index contributed by atoms with van der Waals surface area (Å²) in [6.07, 6.45) is 9.21. The Morgan fingerprint density at radius 1 is 0.700 bits per heavy atom. The quantitative estimate of drug-likeness (QED) is 0.161. The molecule has 5 nitrogen and oxygen atoms in total. The number of unbranched alkanes of at least 4 members (excludes halogenated alkanes) is 3. The number of fused-ring (bicyclic) bond motifs is 1. The summed E-state index contributed by atoms with van der Waals surface area (Å²) in [6, 6.07) is 26.3. The molecule has 0 radical (unpaired) electrons. The second-order valence-electron chi connectivity index (χ2n) is 10.6. The molecule has 1 heterocycles. The summed E-state index contributed by atoms with van der Waals surface area (Å²) < 4.78 is 0. The average molecular weight is 538 g/mol. The number of amides is 2. The van der Waals surface area contributed by atoms with Gasteiger partial charge in [0.2, 0.25) is 5.91 Å². The zero-order valence-corrected chi connectivity index (χ0v) is 24.1. The molecule has 0 aliphatic rings. The van der Waals surface area contributed by atoms with Gasteiger partial charge in [-0.1, -0.05) is 93.8 Å². The van der Waals surface area contributed by atoms with Gasteiger partial charge in [-0.05, 0) is 60.6 Å². The van der Waals surface area contributed by atoms with Gasteiger partial charge in [0.1, 0.15) is 6.54 Å². The number of aryl methyl sites for hydroxylation is 1. The number of nitrogens with zero attached hydrogens (tertiary/aromatic N) is 2. The Labute approximate surface area is 239 Å². The Kier molecular flexibility index (Phi) is 11.0. The summed E-state index contributed by atoms with van der Waals surface area (Å²) in [5.41, 5.74) is 5.29. The van der Waals surface area contributed by atoms with Gasteiger partial charge in [0.25, 0.3) is 5.91 Å². The van der Waals surface area contributed by atoms with Gasteiger partial charge in [-0.15, -0.1) is 0 Å². The van der Waals surface area contributed by atoms with Crippen LogP contribution in [0.4, 0.5) is 0 Å². The van der Waals surface area contributed by atoms with Crippen molar-refractivity contribution in [2.75, 3.05) is 19.6 Å². The highest BCUT2D eigenvalue weighted by atomic mass is 16.2. The van der Waals surface area contributed by atoms with E-state index in [4.69, 9.17) is 0 Å². The predicted octanol–water partition coefficient (Wildman–Crippen LogP) is 7.41. The number of rotatable bonds is 15. The number of benzene rings is 3. The lowest BCUT2D eigenvalue weighted by Gasteiger charge is -2.28. The molecule has 0 atom stereocenters. The van der Waals surface area contributed by atoms with E-state index in [1.54, 1.807) is 4.90 Å². The van der Waals surface area contributed by atoms with E-state index in [9.17, 15) is 9.59 Å². The van der Waals surface area contributed by atoms with Crippen LogP contribution in [0.25, 0.3) is 10.9 Å². The number of nitrogens with one attached hydrogen (secondary N) is 1. The van der Waals surface area contributed by atoms with E-state index in [-0.39, 0.29) is 18.4 Å². The lowest BCUT2D eigenvalue weighted by Crippen LogP contribution is -2.43. The molecule has 0 spiro atoms. The van der Waals surface area contributed by atoms with Crippen LogP contribution in [-0.2, 0) is 24.2 Å². The van der Waals surface area contributed by atoms with Gasteiger partial charge in [0.15, 0.2) is 0 Å². The number of H-pyrrole nitrogens is 1. The predicted molar refractivity (Wildman–Crippen MR) is 164 cm³/mol. The van der Waals surface area contributed by atoms with Gasteiger partial charge in [0.05, 0.1) is 0 Å². The summed E-state index contributed by atoms with van der Waals surface area (Å²) >= 11 is 0. The topological polar surface area (TPSA) is 56.4 Å². The van der Waals surface area contributed by atoms with Crippen molar-refractivity contribution in [3.63, 3.8) is 0 Å². The van der Waals surface area contributed by atoms with E-state index >= 15 is 0 Å². The minimum atomic E-state index is -0.0711. The molecule has 1 N–H and O–H groups in total. The van der Waals surface area contributed by atoms with E-state index in [0.29, 0.717) is 25.2 Å². The molecule has 3 aromatic carbocycles. The number of aromatic amines is 1. The third kappa shape index (κ3) is 8.08. The molecule has 0 saturated carbocycles. The summed E-state index contributed by atoms with van der Waals surface area (Å²) in [5.74, 6) is -0.0949. The molecule has 0 aliphatic heterocycles. The molecule has 1 aromatic heterocycles. The number of hydrogen-bond acceptors (Lipinski definition) is 2. The van der Waals surface area contributed by atoms with Crippen LogP contribution in [0.2, 0.25) is 0 Å². The minimum Gasteiger partial charge on any atom is -0.361 e. The Hall–Kier alpha value is -3.86. The molecule has 0 fully saturated rings. The smallest absolute Gasteiger partial charge is 0.254 e. The van der Waals surface area contributed by atoms with E-state index in [2.05, 4.69) is 43.1 Å². The van der Waals surface area contributed by atoms with E-state index in [1.807, 2.05) is 65.7 Å². The molecule has 0 unspecified atom stereocenters. The first-order valence-corrected chi connectivity index (χ1v) is 14.8. The molecule has 210 valence electrons. The maximum atomic E-state index is 13.8. The molecule has 5 heteroatoms. The standard InChI is InChI=1S/C35H43N3O2/c1-3-5-8-13-28-18-20-30(21-19-28)35(40)38(23-6-4-2)27-34(39)37(26-29-14-9-7-10-15-29)24-22-31-25-36-33-17-12-11-16-32(31)33/h7,9-12,14-21,25,36H,3-6,8,13,22-24,26-27H2,1-2H3. The Morgan fingerprint density at radius 2 is 1.43 bits per heavy atom. The number of carbonyl (C=O) groups is 2. The van der Waals surface area contributed by atoms with E-state index in [1.165, 1.54) is 29.4 Å². The molecule has 2 amide bonds. The first-order valence-electron chi connectivity index (χ1n) is 14.8. The number of hydrogen-bond donors (Lipinski definition) is 1. The zero-order chi connectivity index (χ0) is 28.2. The molecule has 4 rings (SSSR count). The van der Waals surface area contributed by atoms with Crippen LogP contribution >= 0.6 is 0 Å². The zero-order valence-electron chi connectivity index (χ0n) is 24.1. The molecule has 0 bridgehead atoms. The molecular formula is C35H43N3O2. The second-order valence-corrected chi connectivity index (χ2v) is 10.6. The highest BCUT2D eigenvalue weighted by Gasteiger charge is 2.23.